The molecule has 2 aromatic rings. The van der Waals surface area contributed by atoms with Gasteiger partial charge in [-0.3, -0.25) is 4.79 Å². The second-order valence-corrected chi connectivity index (χ2v) is 5.43. The van der Waals surface area contributed by atoms with Crippen molar-refractivity contribution in [1.82, 2.24) is 9.97 Å². The lowest BCUT2D eigenvalue weighted by atomic mass is 9.94. The second kappa shape index (κ2) is 5.64. The molecule has 1 heterocycles. The lowest BCUT2D eigenvalue weighted by molar-refractivity contribution is -0.137. The van der Waals surface area contributed by atoms with E-state index in [0.717, 1.165) is 18.6 Å². The van der Waals surface area contributed by atoms with Crippen molar-refractivity contribution in [3.8, 4) is 0 Å². The van der Waals surface area contributed by atoms with E-state index in [2.05, 4.69) is 15.3 Å². The number of carbonyl (C=O) groups excluding carboxylic acids is 1. The molecule has 0 saturated carbocycles. The number of aryl methyl sites for hydroxylation is 2. The Kier molecular flexibility index (Phi) is 3.79. The zero-order chi connectivity index (χ0) is 16.6. The predicted molar refractivity (Wildman–Crippen MR) is 78.8 cm³/mol. The van der Waals surface area contributed by atoms with Crippen LogP contribution in [0, 0.1) is 6.92 Å². The first-order valence-electron chi connectivity index (χ1n) is 7.19. The molecule has 0 spiro atoms. The predicted octanol–water partition coefficient (Wildman–Crippen LogP) is 4.07. The van der Waals surface area contributed by atoms with E-state index in [9.17, 15) is 18.0 Å². The summed E-state index contributed by atoms with van der Waals surface area (Å²) in [5.41, 5.74) is 1.26. The van der Waals surface area contributed by atoms with Crippen molar-refractivity contribution in [1.29, 1.82) is 0 Å². The van der Waals surface area contributed by atoms with Gasteiger partial charge in [-0.05, 0) is 38.0 Å². The Morgan fingerprint density at radius 1 is 1.17 bits per heavy atom. The molecule has 120 valence electrons. The van der Waals surface area contributed by atoms with Crippen molar-refractivity contribution < 1.29 is 18.0 Å². The SMILES string of the molecule is Cc1nc(Nc2cccc(C(F)(F)F)c2)nc2c1C(=O)CCC2. The summed E-state index contributed by atoms with van der Waals surface area (Å²) in [5.74, 6) is 0.227. The third kappa shape index (κ3) is 3.18. The maximum absolute atomic E-state index is 12.7. The van der Waals surface area contributed by atoms with Gasteiger partial charge in [-0.25, -0.2) is 9.97 Å². The lowest BCUT2D eigenvalue weighted by Gasteiger charge is -2.17. The van der Waals surface area contributed by atoms with E-state index < -0.39 is 11.7 Å². The van der Waals surface area contributed by atoms with E-state index in [1.54, 1.807) is 6.92 Å². The molecule has 0 radical (unpaired) electrons. The van der Waals surface area contributed by atoms with E-state index in [0.29, 0.717) is 29.8 Å². The van der Waals surface area contributed by atoms with Crippen LogP contribution in [0.5, 0.6) is 0 Å². The van der Waals surface area contributed by atoms with E-state index >= 15 is 0 Å². The summed E-state index contributed by atoms with van der Waals surface area (Å²) >= 11 is 0. The monoisotopic (exact) mass is 321 g/mol. The molecule has 3 rings (SSSR count). The van der Waals surface area contributed by atoms with Crippen LogP contribution in [-0.4, -0.2) is 15.8 Å². The highest BCUT2D eigenvalue weighted by atomic mass is 19.4. The number of ketones is 1. The smallest absolute Gasteiger partial charge is 0.324 e. The Morgan fingerprint density at radius 3 is 2.70 bits per heavy atom. The van der Waals surface area contributed by atoms with E-state index in [1.807, 2.05) is 0 Å². The van der Waals surface area contributed by atoms with Crippen LogP contribution in [0.15, 0.2) is 24.3 Å². The summed E-state index contributed by atoms with van der Waals surface area (Å²) in [7, 11) is 0. The molecule has 0 bridgehead atoms. The minimum absolute atomic E-state index is 0.0226. The number of rotatable bonds is 2. The maximum atomic E-state index is 12.7. The Morgan fingerprint density at radius 2 is 1.96 bits per heavy atom. The molecule has 4 nitrogen and oxygen atoms in total. The summed E-state index contributed by atoms with van der Waals surface area (Å²) in [5, 5.41) is 2.79. The first-order chi connectivity index (χ1) is 10.8. The number of fused-ring (bicyclic) bond motifs is 1. The molecule has 23 heavy (non-hydrogen) atoms. The Labute approximate surface area is 130 Å². The number of halogens is 3. The van der Waals surface area contributed by atoms with Crippen LogP contribution in [0.2, 0.25) is 0 Å². The van der Waals surface area contributed by atoms with Crippen LogP contribution in [0.4, 0.5) is 24.8 Å². The van der Waals surface area contributed by atoms with Gasteiger partial charge in [0.1, 0.15) is 0 Å². The van der Waals surface area contributed by atoms with Crippen LogP contribution >= 0.6 is 0 Å². The molecule has 0 aliphatic heterocycles. The number of anilines is 2. The maximum Gasteiger partial charge on any atom is 0.416 e. The van der Waals surface area contributed by atoms with Gasteiger partial charge >= 0.3 is 6.18 Å². The fourth-order valence-corrected chi connectivity index (χ4v) is 2.68. The standard InChI is InChI=1S/C16H14F3N3O/c1-9-14-12(6-3-7-13(14)23)22-15(20-9)21-11-5-2-4-10(8-11)16(17,18)19/h2,4-5,8H,3,6-7H2,1H3,(H,20,21,22). The molecule has 0 atom stereocenters. The van der Waals surface area contributed by atoms with Gasteiger partial charge in [0.25, 0.3) is 0 Å². The Hall–Kier alpha value is -2.44. The zero-order valence-corrected chi connectivity index (χ0v) is 12.4. The van der Waals surface area contributed by atoms with Crippen molar-refractivity contribution in [2.45, 2.75) is 32.4 Å². The van der Waals surface area contributed by atoms with Gasteiger partial charge in [0.15, 0.2) is 5.78 Å². The topological polar surface area (TPSA) is 54.9 Å². The molecule has 0 fully saturated rings. The quantitative estimate of drug-likeness (QED) is 0.906. The molecule has 1 aromatic carbocycles. The molecule has 1 aliphatic carbocycles. The summed E-state index contributed by atoms with van der Waals surface area (Å²) in [6.07, 6.45) is -2.53. The number of Topliss-reactive ketones (excluding diaryl/α,β-unsaturated/α-hetero) is 1. The number of aromatic nitrogens is 2. The van der Waals surface area contributed by atoms with Gasteiger partial charge in [-0.2, -0.15) is 13.2 Å². The van der Waals surface area contributed by atoms with E-state index in [4.69, 9.17) is 0 Å². The fourth-order valence-electron chi connectivity index (χ4n) is 2.68. The molecular weight excluding hydrogens is 307 g/mol. The van der Waals surface area contributed by atoms with Gasteiger partial charge in [-0.1, -0.05) is 6.07 Å². The molecule has 1 aromatic heterocycles. The molecule has 0 unspecified atom stereocenters. The minimum Gasteiger partial charge on any atom is -0.324 e. The summed E-state index contributed by atoms with van der Waals surface area (Å²) in [6, 6.07) is 4.84. The summed E-state index contributed by atoms with van der Waals surface area (Å²) < 4.78 is 38.2. The first kappa shape index (κ1) is 15.5. The van der Waals surface area contributed by atoms with E-state index in [-0.39, 0.29) is 17.4 Å². The Bertz CT molecular complexity index is 772. The zero-order valence-electron chi connectivity index (χ0n) is 12.4. The first-order valence-corrected chi connectivity index (χ1v) is 7.19. The minimum atomic E-state index is -4.41. The molecule has 0 saturated heterocycles. The molecule has 7 heteroatoms. The molecule has 1 N–H and O–H groups in total. The molecular formula is C16H14F3N3O. The third-order valence-electron chi connectivity index (χ3n) is 3.71. The second-order valence-electron chi connectivity index (χ2n) is 5.43. The van der Waals surface area contributed by atoms with Crippen molar-refractivity contribution in [2.24, 2.45) is 0 Å². The van der Waals surface area contributed by atoms with Gasteiger partial charge in [0.05, 0.1) is 22.5 Å². The number of carbonyl (C=O) groups is 1. The lowest BCUT2D eigenvalue weighted by Crippen LogP contribution is -2.17. The van der Waals surface area contributed by atoms with Crippen molar-refractivity contribution in [2.75, 3.05) is 5.32 Å². The van der Waals surface area contributed by atoms with Gasteiger partial charge in [-0.15, -0.1) is 0 Å². The average molecular weight is 321 g/mol. The number of benzene rings is 1. The van der Waals surface area contributed by atoms with Crippen LogP contribution < -0.4 is 5.32 Å². The van der Waals surface area contributed by atoms with Crippen LogP contribution in [0.1, 0.15) is 40.2 Å². The summed E-state index contributed by atoms with van der Waals surface area (Å²) in [6.45, 7) is 1.71. The number of hydrogen-bond donors (Lipinski definition) is 1. The highest BCUT2D eigenvalue weighted by Crippen LogP contribution is 2.31. The number of alkyl halides is 3. The number of hydrogen-bond acceptors (Lipinski definition) is 4. The van der Waals surface area contributed by atoms with Crippen molar-refractivity contribution in [3.63, 3.8) is 0 Å². The summed E-state index contributed by atoms with van der Waals surface area (Å²) in [4.78, 5) is 20.4. The highest BCUT2D eigenvalue weighted by Gasteiger charge is 2.30. The average Bonchev–Trinajstić information content (AvgIpc) is 2.46. The number of nitrogens with one attached hydrogen (secondary N) is 1. The molecule has 0 amide bonds. The third-order valence-corrected chi connectivity index (χ3v) is 3.71. The highest BCUT2D eigenvalue weighted by molar-refractivity contribution is 5.99. The van der Waals surface area contributed by atoms with Crippen LogP contribution in [0.25, 0.3) is 0 Å². The Balaban J connectivity index is 1.92. The van der Waals surface area contributed by atoms with E-state index in [1.165, 1.54) is 12.1 Å². The van der Waals surface area contributed by atoms with Crippen molar-refractivity contribution in [3.05, 3.63) is 46.8 Å². The fraction of sp³-hybridized carbons (Fsp3) is 0.312. The van der Waals surface area contributed by atoms with Gasteiger partial charge < -0.3 is 5.32 Å². The van der Waals surface area contributed by atoms with Crippen LogP contribution in [0.3, 0.4) is 0 Å². The number of nitrogens with zero attached hydrogens (tertiary/aromatic N) is 2. The van der Waals surface area contributed by atoms with Gasteiger partial charge in [0.2, 0.25) is 5.95 Å². The largest absolute Gasteiger partial charge is 0.416 e. The van der Waals surface area contributed by atoms with Gasteiger partial charge in [0, 0.05) is 12.1 Å². The van der Waals surface area contributed by atoms with Crippen molar-refractivity contribution >= 4 is 17.4 Å². The molecule has 1 aliphatic rings. The normalized spacial score (nSPS) is 14.5. The van der Waals surface area contributed by atoms with Crippen LogP contribution in [-0.2, 0) is 12.6 Å².